The monoisotopic (exact) mass is 459 g/mol. The summed E-state index contributed by atoms with van der Waals surface area (Å²) in [5.74, 6) is -1.08. The standard InChI is InChI=1S/C22H20F3N5O3/c1-12(14-8-15(22(23,24)25)11-16(26)9-14)28-21(33)18-6-7-19(31)30(29-18)17-5-3-4-13(10-17)20(32)27-2/h3-12H,26H2,1-2H3,(H,27,32)(H,28,33)/t12-/m1/s1. The van der Waals surface area contributed by atoms with Crippen LogP contribution in [0.15, 0.2) is 59.4 Å². The smallest absolute Gasteiger partial charge is 0.399 e. The van der Waals surface area contributed by atoms with Gasteiger partial charge in [0.25, 0.3) is 17.4 Å². The van der Waals surface area contributed by atoms with Crippen LogP contribution in [0.5, 0.6) is 0 Å². The van der Waals surface area contributed by atoms with Gasteiger partial charge < -0.3 is 16.4 Å². The molecule has 8 nitrogen and oxygen atoms in total. The fraction of sp³-hybridized carbons (Fsp3) is 0.182. The Labute approximate surface area is 186 Å². The van der Waals surface area contributed by atoms with Gasteiger partial charge in [0.15, 0.2) is 0 Å². The van der Waals surface area contributed by atoms with E-state index in [-0.39, 0.29) is 34.1 Å². The number of hydrogen-bond acceptors (Lipinski definition) is 5. The zero-order valence-corrected chi connectivity index (χ0v) is 17.6. The summed E-state index contributed by atoms with van der Waals surface area (Å²) in [4.78, 5) is 36.9. The van der Waals surface area contributed by atoms with Gasteiger partial charge >= 0.3 is 6.18 Å². The van der Waals surface area contributed by atoms with Crippen LogP contribution in [0, 0.1) is 0 Å². The average Bonchev–Trinajstić information content (AvgIpc) is 2.77. The van der Waals surface area contributed by atoms with Gasteiger partial charge in [-0.3, -0.25) is 14.4 Å². The lowest BCUT2D eigenvalue weighted by Gasteiger charge is -2.17. The van der Waals surface area contributed by atoms with E-state index < -0.39 is 29.2 Å². The van der Waals surface area contributed by atoms with Crippen molar-refractivity contribution in [3.63, 3.8) is 0 Å². The van der Waals surface area contributed by atoms with Gasteiger partial charge in [0.2, 0.25) is 0 Å². The van der Waals surface area contributed by atoms with E-state index in [1.54, 1.807) is 12.1 Å². The highest BCUT2D eigenvalue weighted by molar-refractivity contribution is 5.94. The summed E-state index contributed by atoms with van der Waals surface area (Å²) in [5.41, 5.74) is 4.58. The molecule has 1 atom stereocenters. The lowest BCUT2D eigenvalue weighted by Crippen LogP contribution is -2.31. The summed E-state index contributed by atoms with van der Waals surface area (Å²) >= 11 is 0. The van der Waals surface area contributed by atoms with Gasteiger partial charge in [-0.2, -0.15) is 23.0 Å². The molecule has 0 aliphatic carbocycles. The number of carbonyl (C=O) groups excluding carboxylic acids is 2. The van der Waals surface area contributed by atoms with E-state index in [1.165, 1.54) is 38.2 Å². The maximum absolute atomic E-state index is 13.1. The number of halogens is 3. The Kier molecular flexibility index (Phi) is 6.52. The summed E-state index contributed by atoms with van der Waals surface area (Å²) in [6.07, 6.45) is -4.59. The molecule has 2 amide bonds. The first kappa shape index (κ1) is 23.5. The highest BCUT2D eigenvalue weighted by Gasteiger charge is 2.31. The molecule has 0 bridgehead atoms. The van der Waals surface area contributed by atoms with E-state index in [4.69, 9.17) is 5.73 Å². The minimum atomic E-state index is -4.59. The zero-order valence-electron chi connectivity index (χ0n) is 17.6. The third-order valence-electron chi connectivity index (χ3n) is 4.77. The molecule has 11 heteroatoms. The second kappa shape index (κ2) is 9.15. The molecule has 0 unspecified atom stereocenters. The largest absolute Gasteiger partial charge is 0.416 e. The van der Waals surface area contributed by atoms with Crippen molar-refractivity contribution >= 4 is 17.5 Å². The van der Waals surface area contributed by atoms with Crippen LogP contribution in [0.4, 0.5) is 18.9 Å². The van der Waals surface area contributed by atoms with Gasteiger partial charge in [0.05, 0.1) is 17.3 Å². The topological polar surface area (TPSA) is 119 Å². The second-order valence-corrected chi connectivity index (χ2v) is 7.18. The first-order valence-electron chi connectivity index (χ1n) is 9.71. The highest BCUT2D eigenvalue weighted by Crippen LogP contribution is 2.32. The molecular weight excluding hydrogens is 439 g/mol. The molecule has 2 aromatic carbocycles. The Morgan fingerprint density at radius 1 is 1.06 bits per heavy atom. The fourth-order valence-electron chi connectivity index (χ4n) is 3.08. The molecule has 0 aliphatic heterocycles. The predicted molar refractivity (Wildman–Crippen MR) is 115 cm³/mol. The second-order valence-electron chi connectivity index (χ2n) is 7.18. The van der Waals surface area contributed by atoms with Crippen LogP contribution in [-0.2, 0) is 6.18 Å². The average molecular weight is 459 g/mol. The number of hydrogen-bond donors (Lipinski definition) is 3. The van der Waals surface area contributed by atoms with E-state index >= 15 is 0 Å². The number of nitrogens with two attached hydrogens (primary N) is 1. The molecule has 0 saturated heterocycles. The molecule has 0 aliphatic rings. The lowest BCUT2D eigenvalue weighted by atomic mass is 10.0. The molecule has 33 heavy (non-hydrogen) atoms. The lowest BCUT2D eigenvalue weighted by molar-refractivity contribution is -0.137. The summed E-state index contributed by atoms with van der Waals surface area (Å²) in [6, 6.07) is 10.6. The summed E-state index contributed by atoms with van der Waals surface area (Å²) in [6.45, 7) is 1.50. The van der Waals surface area contributed by atoms with Crippen LogP contribution in [0.1, 0.15) is 44.9 Å². The molecule has 0 radical (unpaired) electrons. The number of rotatable bonds is 5. The third-order valence-corrected chi connectivity index (χ3v) is 4.77. The van der Waals surface area contributed by atoms with Crippen molar-refractivity contribution in [2.24, 2.45) is 0 Å². The van der Waals surface area contributed by atoms with E-state index in [9.17, 15) is 27.6 Å². The Bertz CT molecular complexity index is 1270. The van der Waals surface area contributed by atoms with Gasteiger partial charge in [-0.15, -0.1) is 0 Å². The first-order valence-corrected chi connectivity index (χ1v) is 9.71. The van der Waals surface area contributed by atoms with Crippen LogP contribution in [0.3, 0.4) is 0 Å². The van der Waals surface area contributed by atoms with Crippen molar-refractivity contribution in [3.05, 3.63) is 87.3 Å². The highest BCUT2D eigenvalue weighted by atomic mass is 19.4. The van der Waals surface area contributed by atoms with Crippen molar-refractivity contribution in [1.82, 2.24) is 20.4 Å². The van der Waals surface area contributed by atoms with E-state index in [1.807, 2.05) is 0 Å². The van der Waals surface area contributed by atoms with Crippen LogP contribution in [0.2, 0.25) is 0 Å². The Morgan fingerprint density at radius 3 is 2.45 bits per heavy atom. The molecular formula is C22H20F3N5O3. The Hall–Kier alpha value is -4.15. The molecule has 1 aromatic heterocycles. The Morgan fingerprint density at radius 2 is 1.79 bits per heavy atom. The molecule has 3 rings (SSSR count). The van der Waals surface area contributed by atoms with Crippen molar-refractivity contribution in [2.45, 2.75) is 19.1 Å². The van der Waals surface area contributed by atoms with Crippen molar-refractivity contribution in [1.29, 1.82) is 0 Å². The number of aromatic nitrogens is 2. The van der Waals surface area contributed by atoms with Crippen molar-refractivity contribution in [3.8, 4) is 5.69 Å². The van der Waals surface area contributed by atoms with Crippen molar-refractivity contribution in [2.75, 3.05) is 12.8 Å². The fourth-order valence-corrected chi connectivity index (χ4v) is 3.08. The minimum Gasteiger partial charge on any atom is -0.399 e. The number of anilines is 1. The van der Waals surface area contributed by atoms with Gasteiger partial charge in [0.1, 0.15) is 5.69 Å². The molecule has 0 saturated carbocycles. The number of alkyl halides is 3. The number of amides is 2. The normalized spacial score (nSPS) is 12.2. The number of benzene rings is 2. The van der Waals surface area contributed by atoms with Gasteiger partial charge in [-0.25, -0.2) is 0 Å². The Balaban J connectivity index is 1.88. The molecule has 4 N–H and O–H groups in total. The molecule has 0 fully saturated rings. The molecule has 0 spiro atoms. The number of nitrogen functional groups attached to an aromatic ring is 1. The van der Waals surface area contributed by atoms with Crippen LogP contribution in [-0.4, -0.2) is 28.6 Å². The van der Waals surface area contributed by atoms with Gasteiger partial charge in [0, 0.05) is 24.4 Å². The minimum absolute atomic E-state index is 0.0939. The SMILES string of the molecule is CNC(=O)c1cccc(-n2nc(C(=O)N[C@H](C)c3cc(N)cc(C(F)(F)F)c3)ccc2=O)c1. The predicted octanol–water partition coefficient (Wildman–Crippen LogP) is 2.68. The van der Waals surface area contributed by atoms with Gasteiger partial charge in [-0.05, 0) is 55.0 Å². The number of nitrogens with zero attached hydrogens (tertiary/aromatic N) is 2. The number of nitrogens with one attached hydrogen (secondary N) is 2. The van der Waals surface area contributed by atoms with Crippen molar-refractivity contribution < 1.29 is 22.8 Å². The van der Waals surface area contributed by atoms with E-state index in [0.29, 0.717) is 0 Å². The number of carbonyl (C=O) groups is 2. The molecule has 3 aromatic rings. The van der Waals surface area contributed by atoms with Gasteiger partial charge in [-0.1, -0.05) is 6.07 Å². The quantitative estimate of drug-likeness (QED) is 0.507. The maximum atomic E-state index is 13.1. The molecule has 172 valence electrons. The maximum Gasteiger partial charge on any atom is 0.416 e. The first-order chi connectivity index (χ1) is 15.5. The summed E-state index contributed by atoms with van der Waals surface area (Å²) < 4.78 is 40.2. The van der Waals surface area contributed by atoms with E-state index in [2.05, 4.69) is 15.7 Å². The summed E-state index contributed by atoms with van der Waals surface area (Å²) in [5, 5.41) is 9.07. The third kappa shape index (κ3) is 5.37. The summed E-state index contributed by atoms with van der Waals surface area (Å²) in [7, 11) is 1.46. The van der Waals surface area contributed by atoms with Crippen LogP contribution in [0.25, 0.3) is 5.69 Å². The van der Waals surface area contributed by atoms with Crippen LogP contribution >= 0.6 is 0 Å². The van der Waals surface area contributed by atoms with E-state index in [0.717, 1.165) is 22.9 Å². The zero-order chi connectivity index (χ0) is 24.3. The van der Waals surface area contributed by atoms with Crippen LogP contribution < -0.4 is 21.9 Å². The molecule has 1 heterocycles.